The molecule has 0 spiro atoms. The van der Waals surface area contributed by atoms with Crippen LogP contribution in [0.25, 0.3) is 0 Å². The predicted octanol–water partition coefficient (Wildman–Crippen LogP) is 3.46. The molecule has 2 N–H and O–H groups in total. The Balaban J connectivity index is 0.00000103. The second kappa shape index (κ2) is 9.25. The predicted molar refractivity (Wildman–Crippen MR) is 74.9 cm³/mol. The van der Waals surface area contributed by atoms with E-state index >= 15 is 0 Å². The molecule has 19 heavy (non-hydrogen) atoms. The summed E-state index contributed by atoms with van der Waals surface area (Å²) in [4.78, 5) is 0. The minimum absolute atomic E-state index is 0. The zero-order chi connectivity index (χ0) is 13.5. The molecule has 1 unspecified atom stereocenters. The van der Waals surface area contributed by atoms with Crippen LogP contribution in [0.5, 0.6) is 5.75 Å². The van der Waals surface area contributed by atoms with Gasteiger partial charge in [-0.25, -0.2) is 0 Å². The molecule has 99 valence electrons. The molecule has 3 heteroatoms. The van der Waals surface area contributed by atoms with E-state index in [4.69, 9.17) is 5.11 Å². The van der Waals surface area contributed by atoms with Crippen molar-refractivity contribution in [3.8, 4) is 5.75 Å². The number of aryl methyl sites for hydroxylation is 1. The van der Waals surface area contributed by atoms with Crippen molar-refractivity contribution in [2.45, 2.75) is 19.8 Å². The molecule has 0 aliphatic rings. The Kier molecular flexibility index (Phi) is 8.91. The first-order valence-electron chi connectivity index (χ1n) is 5.97. The molecule has 0 amide bonds. The average Bonchev–Trinajstić information content (AvgIpc) is 2.42. The van der Waals surface area contributed by atoms with Gasteiger partial charge in [0, 0.05) is 45.7 Å². The third-order valence-corrected chi connectivity index (χ3v) is 2.97. The second-order valence-electron chi connectivity index (χ2n) is 4.22. The summed E-state index contributed by atoms with van der Waals surface area (Å²) in [6.07, 6.45) is 0. The zero-order valence-electron chi connectivity index (χ0n) is 11.7. The summed E-state index contributed by atoms with van der Waals surface area (Å²) in [6, 6.07) is 16.0. The molecule has 0 saturated carbocycles. The number of rotatable bonds is 2. The monoisotopic (exact) mass is 333 g/mol. The van der Waals surface area contributed by atoms with Gasteiger partial charge in [0.2, 0.25) is 0 Å². The van der Waals surface area contributed by atoms with Crippen LogP contribution in [0.1, 0.15) is 29.5 Å². The third-order valence-electron chi connectivity index (χ3n) is 2.97. The molecular weight excluding hydrogens is 313 g/mol. The molecule has 0 heterocycles. The number of hydrogen-bond acceptors (Lipinski definition) is 2. The van der Waals surface area contributed by atoms with E-state index in [1.54, 1.807) is 12.1 Å². The maximum Gasteiger partial charge on any atom is 0.115 e. The number of phenols is 1. The first kappa shape index (κ1) is 18.3. The molecule has 2 nitrogen and oxygen atoms in total. The van der Waals surface area contributed by atoms with Gasteiger partial charge in [0.15, 0.2) is 0 Å². The maximum absolute atomic E-state index is 9.25. The van der Waals surface area contributed by atoms with Crippen molar-refractivity contribution in [1.82, 2.24) is 0 Å². The molecule has 2 aromatic carbocycles. The van der Waals surface area contributed by atoms with Crippen molar-refractivity contribution >= 4 is 0 Å². The van der Waals surface area contributed by atoms with Crippen molar-refractivity contribution < 1.29 is 42.9 Å². The van der Waals surface area contributed by atoms with Gasteiger partial charge in [-0.15, -0.1) is 0 Å². The number of benzene rings is 2. The van der Waals surface area contributed by atoms with Crippen LogP contribution in [0, 0.1) is 6.92 Å². The molecule has 0 aliphatic heterocycles. The van der Waals surface area contributed by atoms with Crippen LogP contribution < -0.4 is 0 Å². The minimum Gasteiger partial charge on any atom is -0.508 e. The Hall–Kier alpha value is -0.696. The van der Waals surface area contributed by atoms with Crippen LogP contribution in [0.2, 0.25) is 0 Å². The Morgan fingerprint density at radius 3 is 1.58 bits per heavy atom. The Morgan fingerprint density at radius 1 is 0.789 bits per heavy atom. The number of phenolic OH excluding ortho intramolecular Hbond substituents is 1. The topological polar surface area (TPSA) is 40.5 Å². The molecule has 1 radical (unpaired) electrons. The molecule has 0 saturated heterocycles. The summed E-state index contributed by atoms with van der Waals surface area (Å²) >= 11 is 0. The summed E-state index contributed by atoms with van der Waals surface area (Å²) in [5, 5.41) is 16.2. The van der Waals surface area contributed by atoms with Gasteiger partial charge in [0.25, 0.3) is 0 Å². The van der Waals surface area contributed by atoms with Gasteiger partial charge in [0.1, 0.15) is 5.75 Å². The van der Waals surface area contributed by atoms with Crippen molar-refractivity contribution in [2.24, 2.45) is 0 Å². The summed E-state index contributed by atoms with van der Waals surface area (Å²) in [5.74, 6) is 0.682. The van der Waals surface area contributed by atoms with E-state index in [0.29, 0.717) is 11.7 Å². The number of aliphatic hydroxyl groups excluding tert-OH is 1. The van der Waals surface area contributed by atoms with E-state index in [1.807, 2.05) is 12.1 Å². The fraction of sp³-hybridized carbons (Fsp3) is 0.250. The van der Waals surface area contributed by atoms with E-state index in [1.165, 1.54) is 16.7 Å². The Labute approximate surface area is 140 Å². The van der Waals surface area contributed by atoms with Crippen LogP contribution in [-0.2, 0) is 32.7 Å². The molecule has 0 aromatic heterocycles. The molecule has 2 aromatic rings. The van der Waals surface area contributed by atoms with Crippen LogP contribution in [0.4, 0.5) is 0 Å². The van der Waals surface area contributed by atoms with Crippen molar-refractivity contribution in [1.29, 1.82) is 0 Å². The fourth-order valence-corrected chi connectivity index (χ4v) is 1.81. The van der Waals surface area contributed by atoms with Gasteiger partial charge < -0.3 is 10.2 Å². The van der Waals surface area contributed by atoms with Crippen LogP contribution in [0.15, 0.2) is 48.5 Å². The zero-order valence-corrected chi connectivity index (χ0v) is 14.5. The van der Waals surface area contributed by atoms with Crippen molar-refractivity contribution in [3.05, 3.63) is 65.2 Å². The van der Waals surface area contributed by atoms with Crippen molar-refractivity contribution in [3.63, 3.8) is 0 Å². The first-order valence-corrected chi connectivity index (χ1v) is 5.97. The summed E-state index contributed by atoms with van der Waals surface area (Å²) in [6.45, 7) is 4.27. The normalized spacial score (nSPS) is 10.7. The standard InChI is InChI=1S/C15H16O.CH4O.Y/c1-11-3-5-13(6-4-11)12(2)14-7-9-15(16)10-8-14;1-2;/h3-10,12,16H,1-2H3;2H,1H3;. The van der Waals surface area contributed by atoms with Gasteiger partial charge in [-0.1, -0.05) is 48.9 Å². The minimum atomic E-state index is 0. The molecule has 0 fully saturated rings. The van der Waals surface area contributed by atoms with Gasteiger partial charge >= 0.3 is 0 Å². The smallest absolute Gasteiger partial charge is 0.115 e. The van der Waals surface area contributed by atoms with Crippen LogP contribution in [0.3, 0.4) is 0 Å². The first-order chi connectivity index (χ1) is 8.66. The largest absolute Gasteiger partial charge is 0.508 e. The van der Waals surface area contributed by atoms with Gasteiger partial charge in [0.05, 0.1) is 0 Å². The Morgan fingerprint density at radius 2 is 1.16 bits per heavy atom. The van der Waals surface area contributed by atoms with Gasteiger partial charge in [-0.3, -0.25) is 0 Å². The molecule has 0 aliphatic carbocycles. The molecule has 1 atom stereocenters. The SMILES string of the molecule is CO.Cc1ccc(C(C)c2ccc(O)cc2)cc1.[Y]. The fourth-order valence-electron chi connectivity index (χ4n) is 1.81. The number of hydrogen-bond donors (Lipinski definition) is 2. The van der Waals surface area contributed by atoms with E-state index < -0.39 is 0 Å². The van der Waals surface area contributed by atoms with Gasteiger partial charge in [-0.05, 0) is 30.2 Å². The summed E-state index contributed by atoms with van der Waals surface area (Å²) in [7, 11) is 1.00. The van der Waals surface area contributed by atoms with Crippen LogP contribution >= 0.6 is 0 Å². The molecular formula is C16H20O2Y. The second-order valence-corrected chi connectivity index (χ2v) is 4.22. The number of aromatic hydroxyl groups is 1. The van der Waals surface area contributed by atoms with Crippen LogP contribution in [-0.4, -0.2) is 17.3 Å². The molecule has 2 rings (SSSR count). The van der Waals surface area contributed by atoms with E-state index in [9.17, 15) is 5.11 Å². The van der Waals surface area contributed by atoms with Gasteiger partial charge in [-0.2, -0.15) is 0 Å². The number of aliphatic hydroxyl groups is 1. The Bertz CT molecular complexity index is 418. The average molecular weight is 333 g/mol. The van der Waals surface area contributed by atoms with E-state index in [-0.39, 0.29) is 32.7 Å². The quantitative estimate of drug-likeness (QED) is 0.884. The van der Waals surface area contributed by atoms with Crippen molar-refractivity contribution in [2.75, 3.05) is 7.11 Å². The summed E-state index contributed by atoms with van der Waals surface area (Å²) < 4.78 is 0. The molecule has 0 bridgehead atoms. The maximum atomic E-state index is 9.25. The van der Waals surface area contributed by atoms with E-state index in [2.05, 4.69) is 38.1 Å². The summed E-state index contributed by atoms with van der Waals surface area (Å²) in [5.41, 5.74) is 3.81. The third kappa shape index (κ3) is 5.44. The van der Waals surface area contributed by atoms with E-state index in [0.717, 1.165) is 7.11 Å².